The Balaban J connectivity index is 1.53. The lowest BCUT2D eigenvalue weighted by Gasteiger charge is -2.12. The Morgan fingerprint density at radius 2 is 1.30 bits per heavy atom. The van der Waals surface area contributed by atoms with Gasteiger partial charge in [-0.3, -0.25) is 4.79 Å². The SMILES string of the molecule is O=C(COc1ccccc1)Nc1ccc(OCCOc2ccccc2)cc1C(=O)O. The number of hydrogen-bond acceptors (Lipinski definition) is 5. The fourth-order valence-electron chi connectivity index (χ4n) is 2.59. The molecule has 3 aromatic rings. The summed E-state index contributed by atoms with van der Waals surface area (Å²) in [7, 11) is 0. The predicted molar refractivity (Wildman–Crippen MR) is 111 cm³/mol. The number of anilines is 1. The van der Waals surface area contributed by atoms with Gasteiger partial charge in [-0.1, -0.05) is 36.4 Å². The van der Waals surface area contributed by atoms with Crippen LogP contribution >= 0.6 is 0 Å². The van der Waals surface area contributed by atoms with E-state index in [4.69, 9.17) is 14.2 Å². The Bertz CT molecular complexity index is 975. The van der Waals surface area contributed by atoms with Crippen LogP contribution < -0.4 is 19.5 Å². The minimum atomic E-state index is -1.18. The summed E-state index contributed by atoms with van der Waals surface area (Å²) in [6.07, 6.45) is 0. The Morgan fingerprint density at radius 1 is 0.733 bits per heavy atom. The van der Waals surface area contributed by atoms with E-state index in [-0.39, 0.29) is 24.5 Å². The molecule has 0 aliphatic heterocycles. The van der Waals surface area contributed by atoms with E-state index in [1.807, 2.05) is 36.4 Å². The van der Waals surface area contributed by atoms with E-state index in [9.17, 15) is 14.7 Å². The number of para-hydroxylation sites is 2. The van der Waals surface area contributed by atoms with Crippen LogP contribution in [-0.4, -0.2) is 36.8 Å². The van der Waals surface area contributed by atoms with Crippen molar-refractivity contribution in [2.45, 2.75) is 0 Å². The molecule has 0 aromatic heterocycles. The molecule has 0 atom stereocenters. The lowest BCUT2D eigenvalue weighted by atomic mass is 10.1. The summed E-state index contributed by atoms with van der Waals surface area (Å²) in [5, 5.41) is 12.0. The molecule has 0 heterocycles. The zero-order valence-corrected chi connectivity index (χ0v) is 16.1. The van der Waals surface area contributed by atoms with Gasteiger partial charge in [0.1, 0.15) is 30.5 Å². The van der Waals surface area contributed by atoms with Crippen LogP contribution in [0, 0.1) is 0 Å². The number of ether oxygens (including phenoxy) is 3. The molecule has 2 N–H and O–H groups in total. The van der Waals surface area contributed by atoms with E-state index in [0.717, 1.165) is 5.75 Å². The first-order valence-electron chi connectivity index (χ1n) is 9.27. The third kappa shape index (κ3) is 6.27. The van der Waals surface area contributed by atoms with Gasteiger partial charge in [-0.15, -0.1) is 0 Å². The van der Waals surface area contributed by atoms with Crippen molar-refractivity contribution in [3.63, 3.8) is 0 Å². The van der Waals surface area contributed by atoms with E-state index < -0.39 is 11.9 Å². The molecular weight excluding hydrogens is 386 g/mol. The van der Waals surface area contributed by atoms with Crippen molar-refractivity contribution >= 4 is 17.6 Å². The standard InChI is InChI=1S/C23H21NO6/c25-22(16-30-18-9-5-2-6-10-18)24-21-12-11-19(15-20(21)23(26)27)29-14-13-28-17-7-3-1-4-8-17/h1-12,15H,13-14,16H2,(H,24,25)(H,26,27). The van der Waals surface area contributed by atoms with Gasteiger partial charge in [-0.2, -0.15) is 0 Å². The van der Waals surface area contributed by atoms with Crippen LogP contribution in [0.25, 0.3) is 0 Å². The summed E-state index contributed by atoms with van der Waals surface area (Å²) >= 11 is 0. The van der Waals surface area contributed by atoms with E-state index >= 15 is 0 Å². The van der Waals surface area contributed by atoms with Crippen LogP contribution in [0.3, 0.4) is 0 Å². The van der Waals surface area contributed by atoms with Crippen molar-refractivity contribution in [1.29, 1.82) is 0 Å². The number of carbonyl (C=O) groups is 2. The Hall–Kier alpha value is -4.00. The fourth-order valence-corrected chi connectivity index (χ4v) is 2.59. The zero-order chi connectivity index (χ0) is 21.2. The van der Waals surface area contributed by atoms with Crippen LogP contribution in [0.2, 0.25) is 0 Å². The molecule has 7 nitrogen and oxygen atoms in total. The maximum atomic E-state index is 12.1. The average Bonchev–Trinajstić information content (AvgIpc) is 2.77. The topological polar surface area (TPSA) is 94.1 Å². The number of benzene rings is 3. The van der Waals surface area contributed by atoms with E-state index in [1.165, 1.54) is 12.1 Å². The summed E-state index contributed by atoms with van der Waals surface area (Å²) < 4.78 is 16.5. The number of nitrogens with one attached hydrogen (secondary N) is 1. The van der Waals surface area contributed by atoms with Crippen molar-refractivity contribution < 1.29 is 28.9 Å². The zero-order valence-electron chi connectivity index (χ0n) is 16.1. The monoisotopic (exact) mass is 407 g/mol. The molecule has 0 saturated carbocycles. The van der Waals surface area contributed by atoms with Crippen molar-refractivity contribution in [3.8, 4) is 17.2 Å². The predicted octanol–water partition coefficient (Wildman–Crippen LogP) is 3.86. The van der Waals surface area contributed by atoms with Gasteiger partial charge in [0.15, 0.2) is 6.61 Å². The average molecular weight is 407 g/mol. The first-order chi connectivity index (χ1) is 14.6. The lowest BCUT2D eigenvalue weighted by Crippen LogP contribution is -2.21. The van der Waals surface area contributed by atoms with Crippen LogP contribution in [0.4, 0.5) is 5.69 Å². The molecule has 1 amide bonds. The molecule has 0 bridgehead atoms. The second-order valence-corrected chi connectivity index (χ2v) is 6.17. The molecule has 0 unspecified atom stereocenters. The van der Waals surface area contributed by atoms with Gasteiger partial charge in [0.25, 0.3) is 5.91 Å². The molecule has 0 aliphatic carbocycles. The minimum absolute atomic E-state index is 0.0791. The van der Waals surface area contributed by atoms with Gasteiger partial charge in [0.2, 0.25) is 0 Å². The fraction of sp³-hybridized carbons (Fsp3) is 0.130. The van der Waals surface area contributed by atoms with Gasteiger partial charge in [-0.25, -0.2) is 4.79 Å². The molecule has 3 aromatic carbocycles. The molecular formula is C23H21NO6. The number of rotatable bonds is 10. The van der Waals surface area contributed by atoms with Crippen molar-refractivity contribution in [2.75, 3.05) is 25.1 Å². The van der Waals surface area contributed by atoms with Gasteiger partial charge >= 0.3 is 5.97 Å². The molecule has 0 radical (unpaired) electrons. The summed E-state index contributed by atoms with van der Waals surface area (Å²) in [5.74, 6) is -0.00942. The highest BCUT2D eigenvalue weighted by molar-refractivity contribution is 6.01. The molecule has 0 aliphatic rings. The van der Waals surface area contributed by atoms with Gasteiger partial charge in [-0.05, 0) is 42.5 Å². The normalized spacial score (nSPS) is 10.1. The highest BCUT2D eigenvalue weighted by Crippen LogP contribution is 2.23. The number of aromatic carboxylic acids is 1. The molecule has 7 heteroatoms. The first-order valence-corrected chi connectivity index (χ1v) is 9.27. The Morgan fingerprint density at radius 3 is 1.90 bits per heavy atom. The highest BCUT2D eigenvalue weighted by Gasteiger charge is 2.14. The molecule has 30 heavy (non-hydrogen) atoms. The number of carbonyl (C=O) groups excluding carboxylic acids is 1. The Kier molecular flexibility index (Phi) is 7.27. The third-order valence-corrected chi connectivity index (χ3v) is 3.97. The van der Waals surface area contributed by atoms with Gasteiger partial charge in [0, 0.05) is 0 Å². The van der Waals surface area contributed by atoms with Crippen LogP contribution in [0.15, 0.2) is 78.9 Å². The van der Waals surface area contributed by atoms with E-state index in [2.05, 4.69) is 5.32 Å². The minimum Gasteiger partial charge on any atom is -0.490 e. The second kappa shape index (κ2) is 10.5. The number of carboxylic acid groups (broad SMARTS) is 1. The van der Waals surface area contributed by atoms with Crippen molar-refractivity contribution in [2.24, 2.45) is 0 Å². The molecule has 3 rings (SSSR count). The van der Waals surface area contributed by atoms with Gasteiger partial charge < -0.3 is 24.6 Å². The summed E-state index contributed by atoms with van der Waals surface area (Å²) in [6.45, 7) is 0.310. The largest absolute Gasteiger partial charge is 0.490 e. The number of hydrogen-bond donors (Lipinski definition) is 2. The molecule has 0 fully saturated rings. The van der Waals surface area contributed by atoms with Crippen molar-refractivity contribution in [3.05, 3.63) is 84.4 Å². The smallest absolute Gasteiger partial charge is 0.337 e. The summed E-state index contributed by atoms with van der Waals surface area (Å²) in [4.78, 5) is 23.7. The van der Waals surface area contributed by atoms with Crippen LogP contribution in [0.5, 0.6) is 17.2 Å². The summed E-state index contributed by atoms with van der Waals surface area (Å²) in [6, 6.07) is 22.6. The maximum absolute atomic E-state index is 12.1. The van der Waals surface area contributed by atoms with Crippen LogP contribution in [0.1, 0.15) is 10.4 Å². The van der Waals surface area contributed by atoms with E-state index in [1.54, 1.807) is 30.3 Å². The Labute approximate surface area is 173 Å². The molecule has 0 spiro atoms. The first kappa shape index (κ1) is 20.7. The highest BCUT2D eigenvalue weighted by atomic mass is 16.5. The maximum Gasteiger partial charge on any atom is 0.337 e. The lowest BCUT2D eigenvalue weighted by molar-refractivity contribution is -0.118. The number of amides is 1. The second-order valence-electron chi connectivity index (χ2n) is 6.17. The molecule has 154 valence electrons. The quantitative estimate of drug-likeness (QED) is 0.496. The summed E-state index contributed by atoms with van der Waals surface area (Å²) in [5.41, 5.74) is 0.0848. The molecule has 0 saturated heterocycles. The van der Waals surface area contributed by atoms with E-state index in [0.29, 0.717) is 18.1 Å². The van der Waals surface area contributed by atoms with Crippen molar-refractivity contribution in [1.82, 2.24) is 0 Å². The van der Waals surface area contributed by atoms with Crippen LogP contribution in [-0.2, 0) is 4.79 Å². The van der Waals surface area contributed by atoms with Gasteiger partial charge in [0.05, 0.1) is 11.3 Å². The number of carboxylic acids is 1. The third-order valence-electron chi connectivity index (χ3n) is 3.97.